The van der Waals surface area contributed by atoms with Crippen LogP contribution >= 0.6 is 11.3 Å². The molecule has 0 fully saturated rings. The van der Waals surface area contributed by atoms with Crippen LogP contribution < -0.4 is 10.2 Å². The highest BCUT2D eigenvalue weighted by Gasteiger charge is 2.24. The number of thiophene rings is 1. The summed E-state index contributed by atoms with van der Waals surface area (Å²) in [5.74, 6) is -0.0792. The fourth-order valence-corrected chi connectivity index (χ4v) is 4.13. The summed E-state index contributed by atoms with van der Waals surface area (Å²) in [6.45, 7) is 0.663. The zero-order chi connectivity index (χ0) is 19.3. The molecule has 3 aromatic rings. The molecular weight excluding hydrogens is 370 g/mol. The van der Waals surface area contributed by atoms with Crippen molar-refractivity contribution in [2.75, 3.05) is 16.8 Å². The van der Waals surface area contributed by atoms with Crippen LogP contribution in [-0.4, -0.2) is 23.3 Å². The quantitative estimate of drug-likeness (QED) is 0.705. The second-order valence-electron chi connectivity index (χ2n) is 6.77. The normalized spacial score (nSPS) is 13.1. The number of benzene rings is 1. The Labute approximate surface area is 168 Å². The van der Waals surface area contributed by atoms with Crippen molar-refractivity contribution in [1.29, 1.82) is 0 Å². The van der Waals surface area contributed by atoms with Gasteiger partial charge in [-0.25, -0.2) is 0 Å². The first kappa shape index (κ1) is 18.4. The SMILES string of the molecule is O=C(CCc1cccs1)Nc1ccc2c(c1)N(C(=O)c1cccnc1)CCC2. The Morgan fingerprint density at radius 2 is 2.11 bits per heavy atom. The Morgan fingerprint density at radius 3 is 2.89 bits per heavy atom. The fourth-order valence-electron chi connectivity index (χ4n) is 3.42. The predicted octanol–water partition coefficient (Wildman–Crippen LogP) is 4.31. The Morgan fingerprint density at radius 1 is 1.18 bits per heavy atom. The average Bonchev–Trinajstić information content (AvgIpc) is 3.26. The lowest BCUT2D eigenvalue weighted by molar-refractivity contribution is -0.116. The summed E-state index contributed by atoms with van der Waals surface area (Å²) in [4.78, 5) is 32.3. The van der Waals surface area contributed by atoms with Crippen molar-refractivity contribution in [3.63, 3.8) is 0 Å². The van der Waals surface area contributed by atoms with Gasteiger partial charge in [0.15, 0.2) is 0 Å². The van der Waals surface area contributed by atoms with Crippen LogP contribution in [0.25, 0.3) is 0 Å². The summed E-state index contributed by atoms with van der Waals surface area (Å²) in [6.07, 6.45) is 6.28. The van der Waals surface area contributed by atoms with Gasteiger partial charge in [0, 0.05) is 41.6 Å². The summed E-state index contributed by atoms with van der Waals surface area (Å²) < 4.78 is 0. The summed E-state index contributed by atoms with van der Waals surface area (Å²) in [5.41, 5.74) is 3.29. The lowest BCUT2D eigenvalue weighted by Gasteiger charge is -2.30. The lowest BCUT2D eigenvalue weighted by Crippen LogP contribution is -2.35. The molecule has 0 aliphatic carbocycles. The molecule has 142 valence electrons. The number of nitrogens with zero attached hydrogens (tertiary/aromatic N) is 2. The Balaban J connectivity index is 1.49. The van der Waals surface area contributed by atoms with Crippen LogP contribution in [0.1, 0.15) is 33.6 Å². The lowest BCUT2D eigenvalue weighted by atomic mass is 10.00. The number of amides is 2. The van der Waals surface area contributed by atoms with Crippen molar-refractivity contribution in [3.8, 4) is 0 Å². The van der Waals surface area contributed by atoms with Crippen LogP contribution in [-0.2, 0) is 17.6 Å². The number of anilines is 2. The van der Waals surface area contributed by atoms with Gasteiger partial charge in [-0.05, 0) is 60.5 Å². The molecule has 0 radical (unpaired) electrons. The van der Waals surface area contributed by atoms with Gasteiger partial charge < -0.3 is 10.2 Å². The number of hydrogen-bond acceptors (Lipinski definition) is 4. The number of aromatic nitrogens is 1. The number of pyridine rings is 1. The third-order valence-electron chi connectivity index (χ3n) is 4.82. The van der Waals surface area contributed by atoms with Gasteiger partial charge in [-0.3, -0.25) is 14.6 Å². The largest absolute Gasteiger partial charge is 0.326 e. The molecule has 1 aliphatic heterocycles. The highest BCUT2D eigenvalue weighted by molar-refractivity contribution is 7.09. The topological polar surface area (TPSA) is 62.3 Å². The molecule has 0 saturated carbocycles. The van der Waals surface area contributed by atoms with Gasteiger partial charge in [-0.1, -0.05) is 12.1 Å². The number of carbonyl (C=O) groups is 2. The smallest absolute Gasteiger partial charge is 0.259 e. The van der Waals surface area contributed by atoms with Crippen molar-refractivity contribution in [2.24, 2.45) is 0 Å². The van der Waals surface area contributed by atoms with Gasteiger partial charge in [-0.2, -0.15) is 0 Å². The van der Waals surface area contributed by atoms with Crippen LogP contribution in [0, 0.1) is 0 Å². The minimum Gasteiger partial charge on any atom is -0.326 e. The maximum absolute atomic E-state index is 12.9. The molecule has 0 unspecified atom stereocenters. The summed E-state index contributed by atoms with van der Waals surface area (Å²) in [6, 6.07) is 13.4. The Hall–Kier alpha value is -2.99. The zero-order valence-electron chi connectivity index (χ0n) is 15.4. The average molecular weight is 391 g/mol. The maximum atomic E-state index is 12.9. The first-order valence-electron chi connectivity index (χ1n) is 9.38. The van der Waals surface area contributed by atoms with E-state index in [1.807, 2.05) is 35.7 Å². The van der Waals surface area contributed by atoms with Gasteiger partial charge >= 0.3 is 0 Å². The number of hydrogen-bond donors (Lipinski definition) is 1. The number of nitrogens with one attached hydrogen (secondary N) is 1. The van der Waals surface area contributed by atoms with Gasteiger partial charge in [-0.15, -0.1) is 11.3 Å². The summed E-state index contributed by atoms with van der Waals surface area (Å²) in [7, 11) is 0. The predicted molar refractivity (Wildman–Crippen MR) is 112 cm³/mol. The van der Waals surface area contributed by atoms with Crippen LogP contribution in [0.4, 0.5) is 11.4 Å². The van der Waals surface area contributed by atoms with E-state index in [-0.39, 0.29) is 11.8 Å². The van der Waals surface area contributed by atoms with Gasteiger partial charge in [0.25, 0.3) is 5.91 Å². The van der Waals surface area contributed by atoms with Crippen molar-refractivity contribution in [3.05, 3.63) is 76.2 Å². The van der Waals surface area contributed by atoms with Gasteiger partial charge in [0.2, 0.25) is 5.91 Å². The number of carbonyl (C=O) groups excluding carboxylic acids is 2. The van der Waals surface area contributed by atoms with E-state index in [2.05, 4.69) is 10.3 Å². The Bertz CT molecular complexity index is 971. The molecule has 2 amide bonds. The number of fused-ring (bicyclic) bond motifs is 1. The molecule has 0 saturated heterocycles. The van der Waals surface area contributed by atoms with Gasteiger partial charge in [0.05, 0.1) is 5.56 Å². The highest BCUT2D eigenvalue weighted by atomic mass is 32.1. The van der Waals surface area contributed by atoms with E-state index in [1.54, 1.807) is 40.8 Å². The summed E-state index contributed by atoms with van der Waals surface area (Å²) in [5, 5.41) is 4.99. The first-order valence-corrected chi connectivity index (χ1v) is 10.3. The Kier molecular flexibility index (Phi) is 5.48. The van der Waals surface area contributed by atoms with Crippen molar-refractivity contribution in [2.45, 2.75) is 25.7 Å². The highest BCUT2D eigenvalue weighted by Crippen LogP contribution is 2.31. The van der Waals surface area contributed by atoms with Crippen molar-refractivity contribution in [1.82, 2.24) is 4.98 Å². The molecule has 1 aliphatic rings. The van der Waals surface area contributed by atoms with Crippen LogP contribution in [0.5, 0.6) is 0 Å². The molecule has 0 atom stereocenters. The fraction of sp³-hybridized carbons (Fsp3) is 0.227. The van der Waals surface area contributed by atoms with Crippen LogP contribution in [0.2, 0.25) is 0 Å². The molecule has 2 aromatic heterocycles. The van der Waals surface area contributed by atoms with Crippen molar-refractivity contribution >= 4 is 34.5 Å². The number of rotatable bonds is 5. The van der Waals surface area contributed by atoms with E-state index in [0.29, 0.717) is 18.5 Å². The summed E-state index contributed by atoms with van der Waals surface area (Å²) >= 11 is 1.66. The zero-order valence-corrected chi connectivity index (χ0v) is 16.2. The standard InChI is InChI=1S/C22H21N3O2S/c26-21(10-9-19-6-3-13-28-19)24-18-8-7-16-5-2-12-25(20(16)14-18)22(27)17-4-1-11-23-15-17/h1,3-4,6-8,11,13-15H,2,5,9-10,12H2,(H,24,26). The van der Waals surface area contributed by atoms with Crippen LogP contribution in [0.15, 0.2) is 60.2 Å². The molecule has 1 aromatic carbocycles. The van der Waals surface area contributed by atoms with Crippen LogP contribution in [0.3, 0.4) is 0 Å². The molecule has 0 spiro atoms. The molecule has 1 N–H and O–H groups in total. The number of aryl methyl sites for hydroxylation is 2. The van der Waals surface area contributed by atoms with E-state index < -0.39 is 0 Å². The van der Waals surface area contributed by atoms with E-state index >= 15 is 0 Å². The minimum atomic E-state index is -0.0600. The third-order valence-corrected chi connectivity index (χ3v) is 5.76. The minimum absolute atomic E-state index is 0.0192. The van der Waals surface area contributed by atoms with Crippen molar-refractivity contribution < 1.29 is 9.59 Å². The molecule has 0 bridgehead atoms. The molecule has 4 rings (SSSR count). The molecule has 3 heterocycles. The van der Waals surface area contributed by atoms with E-state index in [0.717, 1.165) is 36.2 Å². The van der Waals surface area contributed by atoms with E-state index in [1.165, 1.54) is 4.88 Å². The second-order valence-corrected chi connectivity index (χ2v) is 7.81. The maximum Gasteiger partial charge on any atom is 0.259 e. The van der Waals surface area contributed by atoms with E-state index in [9.17, 15) is 9.59 Å². The molecule has 5 nitrogen and oxygen atoms in total. The molecule has 28 heavy (non-hydrogen) atoms. The molecular formula is C22H21N3O2S. The molecule has 6 heteroatoms. The monoisotopic (exact) mass is 391 g/mol. The third kappa shape index (κ3) is 4.12. The second kappa shape index (κ2) is 8.35. The van der Waals surface area contributed by atoms with Gasteiger partial charge in [0.1, 0.15) is 0 Å². The van der Waals surface area contributed by atoms with E-state index in [4.69, 9.17) is 0 Å². The first-order chi connectivity index (χ1) is 13.7.